The van der Waals surface area contributed by atoms with Gasteiger partial charge in [0.15, 0.2) is 0 Å². The number of halogens is 1. The van der Waals surface area contributed by atoms with Crippen molar-refractivity contribution in [1.82, 2.24) is 15.8 Å². The zero-order chi connectivity index (χ0) is 19.5. The molecule has 0 spiro atoms. The highest BCUT2D eigenvalue weighted by atomic mass is 19.1. The van der Waals surface area contributed by atoms with E-state index in [2.05, 4.69) is 26.1 Å². The molecule has 142 valence electrons. The summed E-state index contributed by atoms with van der Waals surface area (Å²) in [4.78, 5) is 19.6. The first-order chi connectivity index (χ1) is 13.1. The lowest BCUT2D eigenvalue weighted by Gasteiger charge is -2.11. The van der Waals surface area contributed by atoms with Crippen LogP contribution in [0.4, 0.5) is 10.1 Å². The van der Waals surface area contributed by atoms with E-state index in [4.69, 9.17) is 5.11 Å². The van der Waals surface area contributed by atoms with E-state index in [1.165, 1.54) is 18.2 Å². The molecule has 2 rings (SSSR count). The largest absolute Gasteiger partial charge is 0.478 e. The van der Waals surface area contributed by atoms with Crippen molar-refractivity contribution in [3.8, 4) is 0 Å². The van der Waals surface area contributed by atoms with Crippen LogP contribution in [0, 0.1) is 5.82 Å². The number of aliphatic imine (C=N–C) groups is 1. The van der Waals surface area contributed by atoms with Crippen LogP contribution in [0.15, 0.2) is 53.7 Å². The molecule has 0 radical (unpaired) electrons. The number of allylic oxidation sites excluding steroid dienone is 1. The molecular formula is C19H22FN5O2. The molecule has 1 heterocycles. The summed E-state index contributed by atoms with van der Waals surface area (Å²) in [5, 5.41) is 12.1. The number of guanidine groups is 1. The summed E-state index contributed by atoms with van der Waals surface area (Å²) in [5.41, 5.74) is 6.83. The Morgan fingerprint density at radius 1 is 1.33 bits per heavy atom. The number of carbonyl (C=O) groups is 1. The highest BCUT2D eigenvalue weighted by Crippen LogP contribution is 2.10. The number of aromatic nitrogens is 1. The van der Waals surface area contributed by atoms with Crippen molar-refractivity contribution in [3.63, 3.8) is 0 Å². The van der Waals surface area contributed by atoms with Crippen molar-refractivity contribution >= 4 is 23.7 Å². The van der Waals surface area contributed by atoms with E-state index in [9.17, 15) is 9.18 Å². The first-order valence-corrected chi connectivity index (χ1v) is 8.45. The fourth-order valence-corrected chi connectivity index (χ4v) is 2.26. The Morgan fingerprint density at radius 3 is 2.93 bits per heavy atom. The molecule has 4 N–H and O–H groups in total. The predicted molar refractivity (Wildman–Crippen MR) is 104 cm³/mol. The lowest BCUT2D eigenvalue weighted by molar-refractivity contribution is 0.0696. The topological polar surface area (TPSA) is 98.6 Å². The van der Waals surface area contributed by atoms with Gasteiger partial charge in [-0.25, -0.2) is 14.6 Å². The van der Waals surface area contributed by atoms with Crippen LogP contribution in [0.5, 0.6) is 0 Å². The maximum absolute atomic E-state index is 13.2. The smallest absolute Gasteiger partial charge is 0.337 e. The number of rotatable bonds is 8. The third kappa shape index (κ3) is 6.87. The molecule has 0 atom stereocenters. The summed E-state index contributed by atoms with van der Waals surface area (Å²) in [6.45, 7) is 0.532. The van der Waals surface area contributed by atoms with E-state index >= 15 is 0 Å². The second-order valence-electron chi connectivity index (χ2n) is 5.53. The van der Waals surface area contributed by atoms with Gasteiger partial charge in [0, 0.05) is 25.5 Å². The molecule has 0 unspecified atom stereocenters. The van der Waals surface area contributed by atoms with Crippen LogP contribution in [0.3, 0.4) is 0 Å². The first-order valence-electron chi connectivity index (χ1n) is 8.45. The number of hydrazine groups is 1. The molecule has 2 aromatic rings. The first kappa shape index (κ1) is 20.1. The fourth-order valence-electron chi connectivity index (χ4n) is 2.26. The predicted octanol–water partition coefficient (Wildman–Crippen LogP) is 2.90. The Bertz CT molecular complexity index is 823. The van der Waals surface area contributed by atoms with Crippen molar-refractivity contribution in [2.24, 2.45) is 4.99 Å². The Kier molecular flexibility index (Phi) is 7.92. The van der Waals surface area contributed by atoms with Gasteiger partial charge >= 0.3 is 5.97 Å². The van der Waals surface area contributed by atoms with Crippen molar-refractivity contribution < 1.29 is 14.3 Å². The van der Waals surface area contributed by atoms with Crippen molar-refractivity contribution in [2.75, 3.05) is 18.9 Å². The van der Waals surface area contributed by atoms with Crippen LogP contribution >= 0.6 is 0 Å². The molecule has 0 saturated heterocycles. The second kappa shape index (κ2) is 10.7. The minimum Gasteiger partial charge on any atom is -0.478 e. The number of aromatic carboxylic acids is 1. The third-order valence-corrected chi connectivity index (χ3v) is 3.47. The third-order valence-electron chi connectivity index (χ3n) is 3.47. The van der Waals surface area contributed by atoms with Crippen molar-refractivity contribution in [1.29, 1.82) is 0 Å². The van der Waals surface area contributed by atoms with Gasteiger partial charge in [-0.2, -0.15) is 0 Å². The highest BCUT2D eigenvalue weighted by Gasteiger charge is 2.07. The van der Waals surface area contributed by atoms with E-state index in [1.807, 2.05) is 6.08 Å². The Hall–Kier alpha value is -3.26. The molecule has 1 aromatic heterocycles. The quantitative estimate of drug-likeness (QED) is 0.246. The molecule has 8 heteroatoms. The Balaban J connectivity index is 1.86. The second-order valence-corrected chi connectivity index (χ2v) is 5.53. The number of benzene rings is 1. The SMILES string of the molecule is CNNC(=NCCCC=Cc1ncccc1C(=O)O)Nc1cccc(F)c1. The number of anilines is 1. The van der Waals surface area contributed by atoms with Gasteiger partial charge in [0.05, 0.1) is 11.3 Å². The van der Waals surface area contributed by atoms with E-state index in [-0.39, 0.29) is 11.4 Å². The molecular weight excluding hydrogens is 349 g/mol. The Morgan fingerprint density at radius 2 is 2.19 bits per heavy atom. The van der Waals surface area contributed by atoms with Crippen LogP contribution in [0.2, 0.25) is 0 Å². The van der Waals surface area contributed by atoms with Gasteiger partial charge in [0.1, 0.15) is 5.82 Å². The lowest BCUT2D eigenvalue weighted by atomic mass is 10.1. The summed E-state index contributed by atoms with van der Waals surface area (Å²) >= 11 is 0. The summed E-state index contributed by atoms with van der Waals surface area (Å²) in [7, 11) is 1.71. The number of unbranched alkanes of at least 4 members (excludes halogenated alkanes) is 1. The average molecular weight is 371 g/mol. The Labute approximate surface area is 157 Å². The van der Waals surface area contributed by atoms with E-state index in [1.54, 1.807) is 37.5 Å². The van der Waals surface area contributed by atoms with Gasteiger partial charge < -0.3 is 10.4 Å². The molecule has 7 nitrogen and oxygen atoms in total. The van der Waals surface area contributed by atoms with E-state index in [0.717, 1.165) is 6.42 Å². The van der Waals surface area contributed by atoms with Crippen molar-refractivity contribution in [3.05, 3.63) is 65.7 Å². The molecule has 1 aromatic carbocycles. The molecule has 0 aliphatic rings. The highest BCUT2D eigenvalue weighted by molar-refractivity contribution is 5.93. The van der Waals surface area contributed by atoms with Gasteiger partial charge in [-0.1, -0.05) is 12.1 Å². The van der Waals surface area contributed by atoms with Crippen LogP contribution in [0.1, 0.15) is 28.9 Å². The van der Waals surface area contributed by atoms with Gasteiger partial charge in [0.25, 0.3) is 0 Å². The summed E-state index contributed by atoms with van der Waals surface area (Å²) < 4.78 is 13.2. The van der Waals surface area contributed by atoms with Gasteiger partial charge in [-0.15, -0.1) is 0 Å². The molecule has 27 heavy (non-hydrogen) atoms. The monoisotopic (exact) mass is 371 g/mol. The van der Waals surface area contributed by atoms with Crippen molar-refractivity contribution in [2.45, 2.75) is 12.8 Å². The normalized spacial score (nSPS) is 11.6. The van der Waals surface area contributed by atoms with Crippen LogP contribution in [-0.4, -0.2) is 35.6 Å². The fraction of sp³-hybridized carbons (Fsp3) is 0.211. The summed E-state index contributed by atoms with van der Waals surface area (Å²) in [6, 6.07) is 9.22. The minimum absolute atomic E-state index is 0.173. The standard InChI is InChI=1S/C19H22FN5O2/c1-21-25-19(24-15-8-5-7-14(20)13-15)23-11-4-2-3-10-17-16(18(26)27)9-6-12-22-17/h3,5-10,12-13,21H,2,4,11H2,1H3,(H,26,27)(H2,23,24,25). The number of hydrogen-bond acceptors (Lipinski definition) is 4. The molecule has 0 fully saturated rings. The number of carboxylic acid groups (broad SMARTS) is 1. The van der Waals surface area contributed by atoms with E-state index in [0.29, 0.717) is 30.3 Å². The van der Waals surface area contributed by atoms with Crippen LogP contribution in [0.25, 0.3) is 6.08 Å². The van der Waals surface area contributed by atoms with Crippen LogP contribution < -0.4 is 16.2 Å². The zero-order valence-electron chi connectivity index (χ0n) is 14.9. The summed E-state index contributed by atoms with van der Waals surface area (Å²) in [6.07, 6.45) is 6.60. The number of nitrogens with one attached hydrogen (secondary N) is 3. The molecule has 0 bridgehead atoms. The molecule has 0 aliphatic heterocycles. The molecule has 0 amide bonds. The van der Waals surface area contributed by atoms with Crippen LogP contribution in [-0.2, 0) is 0 Å². The maximum atomic E-state index is 13.2. The number of hydrogen-bond donors (Lipinski definition) is 4. The number of nitrogens with zero attached hydrogens (tertiary/aromatic N) is 2. The van der Waals surface area contributed by atoms with Gasteiger partial charge in [-0.3, -0.25) is 15.4 Å². The summed E-state index contributed by atoms with van der Waals surface area (Å²) in [5.74, 6) is -0.854. The number of carboxylic acids is 1. The van der Waals surface area contributed by atoms with Gasteiger partial charge in [0.2, 0.25) is 5.96 Å². The van der Waals surface area contributed by atoms with E-state index < -0.39 is 5.97 Å². The maximum Gasteiger partial charge on any atom is 0.337 e. The lowest BCUT2D eigenvalue weighted by Crippen LogP contribution is -2.39. The zero-order valence-corrected chi connectivity index (χ0v) is 14.9. The average Bonchev–Trinajstić information content (AvgIpc) is 2.65. The molecule has 0 aliphatic carbocycles. The number of pyridine rings is 1. The molecule has 0 saturated carbocycles. The minimum atomic E-state index is -1.00. The van der Waals surface area contributed by atoms with Gasteiger partial charge in [-0.05, 0) is 49.2 Å².